The predicted octanol–water partition coefficient (Wildman–Crippen LogP) is 1.65. The summed E-state index contributed by atoms with van der Waals surface area (Å²) in [5.74, 6) is -1.13. The van der Waals surface area contributed by atoms with Crippen molar-refractivity contribution in [2.24, 2.45) is 0 Å². The van der Waals surface area contributed by atoms with Gasteiger partial charge in [-0.1, -0.05) is 25.3 Å². The monoisotopic (exact) mass is 252 g/mol. The molecule has 1 aliphatic carbocycles. The molecule has 1 aromatic rings. The molecule has 0 unspecified atom stereocenters. The van der Waals surface area contributed by atoms with Gasteiger partial charge in [0.05, 0.1) is 5.60 Å². The number of halogens is 1. The maximum Gasteiger partial charge on any atom is 0.270 e. The molecule has 0 radical (unpaired) electrons. The van der Waals surface area contributed by atoms with Crippen molar-refractivity contribution < 1.29 is 14.3 Å². The maximum atomic E-state index is 12.9. The molecule has 2 N–H and O–H groups in total. The molecule has 0 atom stereocenters. The van der Waals surface area contributed by atoms with Gasteiger partial charge in [-0.05, 0) is 25.0 Å². The third-order valence-electron chi connectivity index (χ3n) is 3.31. The van der Waals surface area contributed by atoms with Crippen molar-refractivity contribution >= 4 is 5.91 Å². The molecule has 1 aliphatic rings. The summed E-state index contributed by atoms with van der Waals surface area (Å²) >= 11 is 0. The van der Waals surface area contributed by atoms with E-state index in [9.17, 15) is 14.3 Å². The minimum Gasteiger partial charge on any atom is -0.388 e. The maximum absolute atomic E-state index is 12.9. The first kappa shape index (κ1) is 13.0. The van der Waals surface area contributed by atoms with Gasteiger partial charge in [0.1, 0.15) is 5.69 Å². The lowest BCUT2D eigenvalue weighted by Gasteiger charge is -2.32. The number of hydrogen-bond acceptors (Lipinski definition) is 3. The highest BCUT2D eigenvalue weighted by molar-refractivity contribution is 5.92. The summed E-state index contributed by atoms with van der Waals surface area (Å²) in [5, 5.41) is 12.8. The smallest absolute Gasteiger partial charge is 0.270 e. The van der Waals surface area contributed by atoms with Gasteiger partial charge >= 0.3 is 0 Å². The first-order valence-corrected chi connectivity index (χ1v) is 6.22. The van der Waals surface area contributed by atoms with Gasteiger partial charge < -0.3 is 10.4 Å². The van der Waals surface area contributed by atoms with Gasteiger partial charge in [0.15, 0.2) is 0 Å². The average Bonchev–Trinajstić information content (AvgIpc) is 2.37. The third-order valence-corrected chi connectivity index (χ3v) is 3.31. The van der Waals surface area contributed by atoms with Crippen LogP contribution in [0.1, 0.15) is 42.6 Å². The Kier molecular flexibility index (Phi) is 3.91. The van der Waals surface area contributed by atoms with E-state index in [1.807, 2.05) is 0 Å². The number of carbonyl (C=O) groups excluding carboxylic acids is 1. The summed E-state index contributed by atoms with van der Waals surface area (Å²) in [6.45, 7) is 0.198. The molecule has 1 heterocycles. The zero-order valence-corrected chi connectivity index (χ0v) is 10.2. The van der Waals surface area contributed by atoms with E-state index in [1.54, 1.807) is 0 Å². The molecule has 0 bridgehead atoms. The predicted molar refractivity (Wildman–Crippen MR) is 64.6 cm³/mol. The normalized spacial score (nSPS) is 18.3. The van der Waals surface area contributed by atoms with Crippen LogP contribution in [0.4, 0.5) is 4.39 Å². The average molecular weight is 252 g/mol. The number of nitrogens with zero attached hydrogens (tertiary/aromatic N) is 1. The second-order valence-corrected chi connectivity index (χ2v) is 4.81. The van der Waals surface area contributed by atoms with Crippen molar-refractivity contribution in [3.8, 4) is 0 Å². The Labute approximate surface area is 105 Å². The quantitative estimate of drug-likeness (QED) is 0.804. The standard InChI is InChI=1S/C13H17FN2O2/c14-11-6-4-5-10(16-11)12(17)15-9-13(18)7-2-1-3-8-13/h4-6,18H,1-3,7-9H2,(H,15,17). The molecule has 0 aliphatic heterocycles. The number of hydrogen-bond donors (Lipinski definition) is 2. The van der Waals surface area contributed by atoms with E-state index >= 15 is 0 Å². The molecule has 18 heavy (non-hydrogen) atoms. The first-order valence-electron chi connectivity index (χ1n) is 6.22. The zero-order valence-electron chi connectivity index (χ0n) is 10.2. The highest BCUT2D eigenvalue weighted by Crippen LogP contribution is 2.27. The van der Waals surface area contributed by atoms with Crippen LogP contribution in [-0.4, -0.2) is 28.1 Å². The molecule has 0 spiro atoms. The minimum atomic E-state index is -0.818. The SMILES string of the molecule is O=C(NCC1(O)CCCCC1)c1cccc(F)n1. The molecule has 98 valence electrons. The molecule has 0 aromatic carbocycles. The second kappa shape index (κ2) is 5.44. The van der Waals surface area contributed by atoms with Crippen molar-refractivity contribution in [3.05, 3.63) is 29.8 Å². The van der Waals surface area contributed by atoms with Gasteiger partial charge in [-0.25, -0.2) is 4.98 Å². The molecule has 1 fully saturated rings. The Morgan fingerprint density at radius 1 is 1.39 bits per heavy atom. The Hall–Kier alpha value is -1.49. The number of carbonyl (C=O) groups is 1. The van der Waals surface area contributed by atoms with Crippen LogP contribution in [0.25, 0.3) is 0 Å². The molecular formula is C13H17FN2O2. The highest BCUT2D eigenvalue weighted by atomic mass is 19.1. The summed E-state index contributed by atoms with van der Waals surface area (Å²) in [6.07, 6.45) is 4.48. The van der Waals surface area contributed by atoms with E-state index in [0.29, 0.717) is 12.8 Å². The van der Waals surface area contributed by atoms with Crippen LogP contribution >= 0.6 is 0 Å². The van der Waals surface area contributed by atoms with Crippen LogP contribution < -0.4 is 5.32 Å². The Morgan fingerprint density at radius 2 is 2.11 bits per heavy atom. The van der Waals surface area contributed by atoms with E-state index in [0.717, 1.165) is 19.3 Å². The van der Waals surface area contributed by atoms with Crippen molar-refractivity contribution in [2.45, 2.75) is 37.7 Å². The number of amides is 1. The van der Waals surface area contributed by atoms with Crippen LogP contribution in [0.2, 0.25) is 0 Å². The van der Waals surface area contributed by atoms with E-state index < -0.39 is 17.5 Å². The number of rotatable bonds is 3. The topological polar surface area (TPSA) is 62.2 Å². The molecule has 2 rings (SSSR count). The fourth-order valence-corrected chi connectivity index (χ4v) is 2.26. The summed E-state index contributed by atoms with van der Waals surface area (Å²) in [7, 11) is 0. The van der Waals surface area contributed by atoms with Crippen molar-refractivity contribution in [3.63, 3.8) is 0 Å². The number of pyridine rings is 1. The Morgan fingerprint density at radius 3 is 2.78 bits per heavy atom. The van der Waals surface area contributed by atoms with E-state index in [1.165, 1.54) is 18.2 Å². The summed E-state index contributed by atoms with van der Waals surface area (Å²) in [5.41, 5.74) is -0.782. The van der Waals surface area contributed by atoms with Crippen LogP contribution in [0, 0.1) is 5.95 Å². The van der Waals surface area contributed by atoms with Gasteiger partial charge in [0.25, 0.3) is 5.91 Å². The molecule has 1 amide bonds. The molecule has 1 saturated carbocycles. The largest absolute Gasteiger partial charge is 0.388 e. The van der Waals surface area contributed by atoms with Crippen molar-refractivity contribution in [2.75, 3.05) is 6.54 Å². The summed E-state index contributed by atoms with van der Waals surface area (Å²) in [4.78, 5) is 15.2. The Bertz CT molecular complexity index is 431. The van der Waals surface area contributed by atoms with Gasteiger partial charge in [0, 0.05) is 6.54 Å². The molecule has 1 aromatic heterocycles. The van der Waals surface area contributed by atoms with Gasteiger partial charge in [-0.15, -0.1) is 0 Å². The number of nitrogens with one attached hydrogen (secondary N) is 1. The van der Waals surface area contributed by atoms with Crippen LogP contribution in [0.5, 0.6) is 0 Å². The third kappa shape index (κ3) is 3.26. The molecule has 4 nitrogen and oxygen atoms in total. The van der Waals surface area contributed by atoms with E-state index in [2.05, 4.69) is 10.3 Å². The lowest BCUT2D eigenvalue weighted by Crippen LogP contribution is -2.44. The van der Waals surface area contributed by atoms with Crippen molar-refractivity contribution in [1.29, 1.82) is 0 Å². The number of aliphatic hydroxyl groups is 1. The van der Waals surface area contributed by atoms with Crippen molar-refractivity contribution in [1.82, 2.24) is 10.3 Å². The molecule has 0 saturated heterocycles. The summed E-state index contributed by atoms with van der Waals surface area (Å²) in [6, 6.07) is 4.07. The Balaban J connectivity index is 1.92. The van der Waals surface area contributed by atoms with Gasteiger partial charge in [-0.3, -0.25) is 4.79 Å². The lowest BCUT2D eigenvalue weighted by atomic mass is 9.85. The fraction of sp³-hybridized carbons (Fsp3) is 0.538. The van der Waals surface area contributed by atoms with Gasteiger partial charge in [-0.2, -0.15) is 4.39 Å². The summed E-state index contributed by atoms with van der Waals surface area (Å²) < 4.78 is 12.9. The zero-order chi connectivity index (χ0) is 13.0. The number of aromatic nitrogens is 1. The van der Waals surface area contributed by atoms with E-state index in [-0.39, 0.29) is 12.2 Å². The fourth-order valence-electron chi connectivity index (χ4n) is 2.26. The van der Waals surface area contributed by atoms with Crippen LogP contribution in [-0.2, 0) is 0 Å². The molecular weight excluding hydrogens is 235 g/mol. The van der Waals surface area contributed by atoms with Gasteiger partial charge in [0.2, 0.25) is 5.95 Å². The van der Waals surface area contributed by atoms with Crippen LogP contribution in [0.3, 0.4) is 0 Å². The first-order chi connectivity index (χ1) is 8.59. The minimum absolute atomic E-state index is 0.0365. The second-order valence-electron chi connectivity index (χ2n) is 4.81. The van der Waals surface area contributed by atoms with E-state index in [4.69, 9.17) is 0 Å². The highest BCUT2D eigenvalue weighted by Gasteiger charge is 2.29. The molecule has 5 heteroatoms. The lowest BCUT2D eigenvalue weighted by molar-refractivity contribution is 0.00520. The van der Waals surface area contributed by atoms with Crippen LogP contribution in [0.15, 0.2) is 18.2 Å².